The van der Waals surface area contributed by atoms with E-state index in [0.717, 1.165) is 28.9 Å². The van der Waals surface area contributed by atoms with Crippen LogP contribution in [0, 0.1) is 0 Å². The normalized spacial score (nSPS) is 11.5. The van der Waals surface area contributed by atoms with Gasteiger partial charge in [0.2, 0.25) is 0 Å². The molecular formula is C19H23N7O. The molecular weight excluding hydrogens is 342 g/mol. The lowest BCUT2D eigenvalue weighted by atomic mass is 10.1. The van der Waals surface area contributed by atoms with Gasteiger partial charge in [-0.1, -0.05) is 6.07 Å². The number of anilines is 3. The molecule has 1 aromatic carbocycles. The summed E-state index contributed by atoms with van der Waals surface area (Å²) in [5, 5.41) is 4.74. The number of hydrazine groups is 1. The average molecular weight is 365 g/mol. The topological polar surface area (TPSA) is 91.8 Å². The van der Waals surface area contributed by atoms with Crippen LogP contribution in [0.25, 0.3) is 11.2 Å². The highest BCUT2D eigenvalue weighted by Crippen LogP contribution is 2.25. The van der Waals surface area contributed by atoms with E-state index in [1.54, 1.807) is 25.6 Å². The molecule has 0 amide bonds. The van der Waals surface area contributed by atoms with Gasteiger partial charge < -0.3 is 20.0 Å². The highest BCUT2D eigenvalue weighted by Gasteiger charge is 2.13. The van der Waals surface area contributed by atoms with Crippen molar-refractivity contribution in [1.82, 2.24) is 19.4 Å². The third-order valence-corrected chi connectivity index (χ3v) is 4.05. The minimum absolute atomic E-state index is 0.241. The molecule has 0 aliphatic heterocycles. The molecule has 27 heavy (non-hydrogen) atoms. The van der Waals surface area contributed by atoms with Crippen LogP contribution in [0.1, 0.15) is 12.1 Å². The Labute approximate surface area is 157 Å². The van der Waals surface area contributed by atoms with Gasteiger partial charge in [-0.2, -0.15) is 0 Å². The second-order valence-corrected chi connectivity index (χ2v) is 6.37. The summed E-state index contributed by atoms with van der Waals surface area (Å²) in [5.74, 6) is 6.36. The number of aldehydes is 1. The number of imidazole rings is 1. The summed E-state index contributed by atoms with van der Waals surface area (Å²) >= 11 is 0. The number of nitrogens with zero attached hydrogens (tertiary/aromatic N) is 5. The van der Waals surface area contributed by atoms with Crippen molar-refractivity contribution >= 4 is 34.7 Å². The van der Waals surface area contributed by atoms with Crippen molar-refractivity contribution in [1.29, 1.82) is 0 Å². The first-order valence-corrected chi connectivity index (χ1v) is 8.48. The molecule has 140 valence electrons. The van der Waals surface area contributed by atoms with Gasteiger partial charge >= 0.3 is 0 Å². The lowest BCUT2D eigenvalue weighted by molar-refractivity contribution is -0.107. The van der Waals surface area contributed by atoms with Crippen molar-refractivity contribution in [2.24, 2.45) is 5.84 Å². The van der Waals surface area contributed by atoms with Crippen LogP contribution in [-0.2, 0) is 4.79 Å². The number of nitrogens with two attached hydrogens (primary N) is 1. The predicted octanol–water partition coefficient (Wildman–Crippen LogP) is 2.27. The summed E-state index contributed by atoms with van der Waals surface area (Å²) in [6, 6.07) is 8.03. The van der Waals surface area contributed by atoms with E-state index in [1.165, 1.54) is 5.01 Å². The summed E-state index contributed by atoms with van der Waals surface area (Å²) in [7, 11) is 5.70. The third kappa shape index (κ3) is 4.06. The van der Waals surface area contributed by atoms with Crippen LogP contribution >= 0.6 is 0 Å². The Balaban J connectivity index is 2.01. The van der Waals surface area contributed by atoms with Gasteiger partial charge in [0, 0.05) is 63.1 Å². The second kappa shape index (κ2) is 7.88. The van der Waals surface area contributed by atoms with Gasteiger partial charge in [0.1, 0.15) is 6.29 Å². The first-order chi connectivity index (χ1) is 13.0. The number of allylic oxidation sites excluding steroid dienone is 1. The van der Waals surface area contributed by atoms with Gasteiger partial charge in [-0.25, -0.2) is 15.8 Å². The SMILES string of the molecule is CN(N)/C=C(\CC=O)c1cnc2c(Nc3cccc(N(C)C)c3)nccn12. The fourth-order valence-electron chi connectivity index (χ4n) is 2.80. The molecule has 2 aromatic heterocycles. The van der Waals surface area contributed by atoms with Crippen LogP contribution in [0.15, 0.2) is 49.1 Å². The minimum atomic E-state index is 0.241. The molecule has 8 nitrogen and oxygen atoms in total. The number of fused-ring (bicyclic) bond motifs is 1. The number of carbonyl (C=O) groups excluding carboxylic acids is 1. The highest BCUT2D eigenvalue weighted by atomic mass is 16.1. The van der Waals surface area contributed by atoms with Crippen molar-refractivity contribution in [3.05, 3.63) is 54.7 Å². The van der Waals surface area contributed by atoms with Crippen LogP contribution in [0.5, 0.6) is 0 Å². The molecule has 2 heterocycles. The standard InChI is InChI=1S/C19H23N7O/c1-24(2)16-6-4-5-15(11-16)23-18-19-22-12-17(26(19)9-8-21-18)14(7-10-27)13-25(3)20/h4-6,8-13H,7,20H2,1-3H3,(H,21,23)/b14-13+. The lowest BCUT2D eigenvalue weighted by Crippen LogP contribution is -2.19. The summed E-state index contributed by atoms with van der Waals surface area (Å²) in [5.41, 5.74) is 4.23. The Bertz CT molecular complexity index is 975. The van der Waals surface area contributed by atoms with Gasteiger partial charge in [-0.05, 0) is 18.2 Å². The number of aromatic nitrogens is 3. The van der Waals surface area contributed by atoms with Crippen LogP contribution < -0.4 is 16.1 Å². The molecule has 0 bridgehead atoms. The van der Waals surface area contributed by atoms with Crippen LogP contribution in [0.4, 0.5) is 17.2 Å². The molecule has 0 saturated carbocycles. The van der Waals surface area contributed by atoms with Gasteiger partial charge in [-0.15, -0.1) is 0 Å². The van der Waals surface area contributed by atoms with Gasteiger partial charge in [-0.3, -0.25) is 4.40 Å². The molecule has 0 aliphatic rings. The summed E-state index contributed by atoms with van der Waals surface area (Å²) in [4.78, 5) is 22.0. The van der Waals surface area contributed by atoms with E-state index in [4.69, 9.17) is 5.84 Å². The molecule has 8 heteroatoms. The number of benzene rings is 1. The Morgan fingerprint density at radius 1 is 1.30 bits per heavy atom. The van der Waals surface area contributed by atoms with Crippen LogP contribution in [0.2, 0.25) is 0 Å². The molecule has 3 rings (SSSR count). The summed E-state index contributed by atoms with van der Waals surface area (Å²) < 4.78 is 1.89. The van der Waals surface area contributed by atoms with E-state index in [1.807, 2.05) is 53.9 Å². The first kappa shape index (κ1) is 18.4. The number of rotatable bonds is 7. The summed E-state index contributed by atoms with van der Waals surface area (Å²) in [6.45, 7) is 0. The van der Waals surface area contributed by atoms with E-state index < -0.39 is 0 Å². The Morgan fingerprint density at radius 3 is 2.81 bits per heavy atom. The smallest absolute Gasteiger partial charge is 0.180 e. The van der Waals surface area contributed by atoms with Gasteiger partial charge in [0.25, 0.3) is 0 Å². The fourth-order valence-corrected chi connectivity index (χ4v) is 2.80. The maximum Gasteiger partial charge on any atom is 0.180 e. The van der Waals surface area contributed by atoms with E-state index in [2.05, 4.69) is 15.3 Å². The van der Waals surface area contributed by atoms with Crippen molar-refractivity contribution in [3.63, 3.8) is 0 Å². The molecule has 0 unspecified atom stereocenters. The van der Waals surface area contributed by atoms with Gasteiger partial charge in [0.15, 0.2) is 11.5 Å². The Hall–Kier alpha value is -3.39. The van der Waals surface area contributed by atoms with Crippen LogP contribution in [0.3, 0.4) is 0 Å². The van der Waals surface area contributed by atoms with Crippen molar-refractivity contribution in [2.75, 3.05) is 31.4 Å². The molecule has 3 aromatic rings. The summed E-state index contributed by atoms with van der Waals surface area (Å²) in [6.07, 6.45) is 8.03. The predicted molar refractivity (Wildman–Crippen MR) is 108 cm³/mol. The molecule has 3 N–H and O–H groups in total. The second-order valence-electron chi connectivity index (χ2n) is 6.37. The Morgan fingerprint density at radius 2 is 2.11 bits per heavy atom. The average Bonchev–Trinajstić information content (AvgIpc) is 3.06. The molecule has 0 fully saturated rings. The van der Waals surface area contributed by atoms with Gasteiger partial charge in [0.05, 0.1) is 11.9 Å². The first-order valence-electron chi connectivity index (χ1n) is 8.48. The monoisotopic (exact) mass is 365 g/mol. The largest absolute Gasteiger partial charge is 0.378 e. The molecule has 0 radical (unpaired) electrons. The van der Waals surface area contributed by atoms with Crippen molar-refractivity contribution in [3.8, 4) is 0 Å². The maximum absolute atomic E-state index is 11.1. The number of carbonyl (C=O) groups is 1. The lowest BCUT2D eigenvalue weighted by Gasteiger charge is -2.14. The Kier molecular flexibility index (Phi) is 5.37. The molecule has 0 spiro atoms. The molecule has 0 saturated heterocycles. The molecule has 0 aliphatic carbocycles. The number of hydrogen-bond acceptors (Lipinski definition) is 7. The van der Waals surface area contributed by atoms with Crippen LogP contribution in [-0.4, -0.2) is 46.8 Å². The number of hydrogen-bond donors (Lipinski definition) is 2. The van der Waals surface area contributed by atoms with E-state index in [9.17, 15) is 4.79 Å². The highest BCUT2D eigenvalue weighted by molar-refractivity contribution is 5.79. The maximum atomic E-state index is 11.1. The van der Waals surface area contributed by atoms with E-state index in [-0.39, 0.29) is 6.42 Å². The number of nitrogens with one attached hydrogen (secondary N) is 1. The minimum Gasteiger partial charge on any atom is -0.378 e. The van der Waals surface area contributed by atoms with E-state index in [0.29, 0.717) is 11.5 Å². The quantitative estimate of drug-likeness (QED) is 0.377. The van der Waals surface area contributed by atoms with E-state index >= 15 is 0 Å². The zero-order valence-corrected chi connectivity index (χ0v) is 15.6. The fraction of sp³-hybridized carbons (Fsp3) is 0.211. The zero-order valence-electron chi connectivity index (χ0n) is 15.6. The zero-order chi connectivity index (χ0) is 19.4. The van der Waals surface area contributed by atoms with Crippen molar-refractivity contribution < 1.29 is 4.79 Å². The van der Waals surface area contributed by atoms with Crippen molar-refractivity contribution in [2.45, 2.75) is 6.42 Å². The molecule has 0 atom stereocenters. The third-order valence-electron chi connectivity index (χ3n) is 4.05.